The van der Waals surface area contributed by atoms with Gasteiger partial charge in [-0.15, -0.1) is 0 Å². The second-order valence-corrected chi connectivity index (χ2v) is 9.00. The van der Waals surface area contributed by atoms with Gasteiger partial charge in [0.05, 0.1) is 0 Å². The van der Waals surface area contributed by atoms with E-state index in [4.69, 9.17) is 4.74 Å². The summed E-state index contributed by atoms with van der Waals surface area (Å²) >= 11 is 0. The van der Waals surface area contributed by atoms with Crippen LogP contribution in [0.15, 0.2) is 60.7 Å². The second kappa shape index (κ2) is 10.7. The van der Waals surface area contributed by atoms with Crippen LogP contribution in [0.1, 0.15) is 51.0 Å². The predicted octanol–water partition coefficient (Wildman–Crippen LogP) is 3.75. The highest BCUT2D eigenvalue weighted by Crippen LogP contribution is 2.32. The van der Waals surface area contributed by atoms with Crippen LogP contribution in [0.3, 0.4) is 0 Å². The molecule has 2 fully saturated rings. The Hall–Kier alpha value is -3.68. The molecule has 2 aromatic rings. The standard InChI is InChI=1S/C27H31N3O5/c1-2-27(20-12-6-3-7-13-20)25(33)29(26(34)28-27)18-24(32)35-19-23(31)30(21-14-8-4-9-15-21)22-16-10-5-11-17-22/h3-4,6-9,12-15,22H,2,5,10-11,16-19H2,1H3,(H,28,34). The van der Waals surface area contributed by atoms with Crippen molar-refractivity contribution in [3.05, 3.63) is 66.2 Å². The number of nitrogens with zero attached hydrogens (tertiary/aromatic N) is 2. The molecule has 1 aliphatic carbocycles. The molecule has 0 aromatic heterocycles. The normalized spacial score (nSPS) is 20.4. The fraction of sp³-hybridized carbons (Fsp3) is 0.407. The Balaban J connectivity index is 1.41. The molecule has 1 saturated heterocycles. The zero-order valence-electron chi connectivity index (χ0n) is 19.9. The van der Waals surface area contributed by atoms with Gasteiger partial charge >= 0.3 is 12.0 Å². The SMILES string of the molecule is CCC1(c2ccccc2)NC(=O)N(CC(=O)OCC(=O)N(c2ccccc2)C2CCCCC2)C1=O. The van der Waals surface area contributed by atoms with E-state index in [1.54, 1.807) is 36.1 Å². The fourth-order valence-corrected chi connectivity index (χ4v) is 5.00. The summed E-state index contributed by atoms with van der Waals surface area (Å²) in [6.45, 7) is 0.794. The van der Waals surface area contributed by atoms with Crippen LogP contribution in [-0.4, -0.2) is 47.9 Å². The zero-order valence-corrected chi connectivity index (χ0v) is 19.9. The molecule has 1 heterocycles. The number of hydrogen-bond acceptors (Lipinski definition) is 5. The molecule has 1 saturated carbocycles. The number of rotatable bonds is 8. The quantitative estimate of drug-likeness (QED) is 0.461. The zero-order chi connectivity index (χ0) is 24.8. The first-order valence-electron chi connectivity index (χ1n) is 12.2. The van der Waals surface area contributed by atoms with Gasteiger partial charge in [-0.2, -0.15) is 0 Å². The molecule has 1 N–H and O–H groups in total. The Kier molecular flexibility index (Phi) is 7.48. The number of hydrogen-bond donors (Lipinski definition) is 1. The van der Waals surface area contributed by atoms with E-state index in [0.717, 1.165) is 42.7 Å². The van der Waals surface area contributed by atoms with Crippen LogP contribution >= 0.6 is 0 Å². The van der Waals surface area contributed by atoms with E-state index in [2.05, 4.69) is 5.32 Å². The molecule has 0 spiro atoms. The van der Waals surface area contributed by atoms with Crippen LogP contribution in [0, 0.1) is 0 Å². The summed E-state index contributed by atoms with van der Waals surface area (Å²) < 4.78 is 5.26. The first kappa shape index (κ1) is 24.4. The number of imide groups is 1. The molecule has 1 unspecified atom stereocenters. The minimum absolute atomic E-state index is 0.0549. The molecule has 0 radical (unpaired) electrons. The molecule has 2 aliphatic rings. The number of anilines is 1. The maximum atomic E-state index is 13.2. The van der Waals surface area contributed by atoms with Gasteiger partial charge in [0.25, 0.3) is 11.8 Å². The minimum atomic E-state index is -1.22. The number of para-hydroxylation sites is 1. The van der Waals surface area contributed by atoms with Crippen molar-refractivity contribution >= 4 is 29.5 Å². The third-order valence-electron chi connectivity index (χ3n) is 6.86. The second-order valence-electron chi connectivity index (χ2n) is 9.00. The Morgan fingerprint density at radius 3 is 2.26 bits per heavy atom. The van der Waals surface area contributed by atoms with Crippen molar-refractivity contribution in [2.45, 2.75) is 57.0 Å². The average molecular weight is 478 g/mol. The topological polar surface area (TPSA) is 96.0 Å². The van der Waals surface area contributed by atoms with E-state index in [0.29, 0.717) is 12.0 Å². The predicted molar refractivity (Wildman–Crippen MR) is 130 cm³/mol. The van der Waals surface area contributed by atoms with Crippen LogP contribution < -0.4 is 10.2 Å². The lowest BCUT2D eigenvalue weighted by molar-refractivity contribution is -0.150. The van der Waals surface area contributed by atoms with Gasteiger partial charge in [0, 0.05) is 11.7 Å². The van der Waals surface area contributed by atoms with Gasteiger partial charge in [-0.05, 0) is 37.0 Å². The van der Waals surface area contributed by atoms with E-state index in [9.17, 15) is 19.2 Å². The lowest BCUT2D eigenvalue weighted by atomic mass is 9.87. The van der Waals surface area contributed by atoms with Crippen LogP contribution in [0.25, 0.3) is 0 Å². The molecule has 1 atom stereocenters. The smallest absolute Gasteiger partial charge is 0.326 e. The van der Waals surface area contributed by atoms with E-state index in [1.165, 1.54) is 0 Å². The van der Waals surface area contributed by atoms with E-state index in [1.807, 2.05) is 36.4 Å². The third-order valence-corrected chi connectivity index (χ3v) is 6.86. The number of ether oxygens (including phenoxy) is 1. The molecule has 1 aliphatic heterocycles. The molecule has 2 aromatic carbocycles. The number of amides is 4. The minimum Gasteiger partial charge on any atom is -0.454 e. The van der Waals surface area contributed by atoms with Gasteiger partial charge in [0.1, 0.15) is 12.1 Å². The lowest BCUT2D eigenvalue weighted by Gasteiger charge is -2.34. The van der Waals surface area contributed by atoms with E-state index < -0.39 is 36.6 Å². The average Bonchev–Trinajstić information content (AvgIpc) is 3.14. The summed E-state index contributed by atoms with van der Waals surface area (Å²) in [5.41, 5.74) is 0.197. The maximum absolute atomic E-state index is 13.2. The molecular weight excluding hydrogens is 446 g/mol. The van der Waals surface area contributed by atoms with Gasteiger partial charge in [-0.3, -0.25) is 19.3 Å². The summed E-state index contributed by atoms with van der Waals surface area (Å²) in [5, 5.41) is 2.74. The fourth-order valence-electron chi connectivity index (χ4n) is 5.00. The van der Waals surface area contributed by atoms with Gasteiger partial charge in [-0.25, -0.2) is 4.79 Å². The molecule has 4 rings (SSSR count). The Labute approximate surface area is 205 Å². The van der Waals surface area contributed by atoms with Crippen molar-refractivity contribution < 1.29 is 23.9 Å². The summed E-state index contributed by atoms with van der Waals surface area (Å²) in [6, 6.07) is 17.7. The Morgan fingerprint density at radius 2 is 1.63 bits per heavy atom. The van der Waals surface area contributed by atoms with Crippen molar-refractivity contribution in [3.8, 4) is 0 Å². The number of urea groups is 1. The number of carbonyl (C=O) groups excluding carboxylic acids is 4. The monoisotopic (exact) mass is 477 g/mol. The van der Waals surface area contributed by atoms with Crippen LogP contribution in [-0.2, 0) is 24.7 Å². The number of benzene rings is 2. The summed E-state index contributed by atoms with van der Waals surface area (Å²) in [6.07, 6.45) is 5.38. The molecule has 35 heavy (non-hydrogen) atoms. The highest BCUT2D eigenvalue weighted by molar-refractivity contribution is 6.09. The summed E-state index contributed by atoms with van der Waals surface area (Å²) in [7, 11) is 0. The number of esters is 1. The highest BCUT2D eigenvalue weighted by atomic mass is 16.5. The van der Waals surface area contributed by atoms with Crippen molar-refractivity contribution in [2.75, 3.05) is 18.1 Å². The van der Waals surface area contributed by atoms with Gasteiger partial charge in [0.15, 0.2) is 6.61 Å². The largest absolute Gasteiger partial charge is 0.454 e. The van der Waals surface area contributed by atoms with E-state index >= 15 is 0 Å². The van der Waals surface area contributed by atoms with Crippen LogP contribution in [0.5, 0.6) is 0 Å². The van der Waals surface area contributed by atoms with Gasteiger partial charge in [0.2, 0.25) is 0 Å². The molecule has 184 valence electrons. The molecular formula is C27H31N3O5. The Morgan fingerprint density at radius 1 is 1.00 bits per heavy atom. The van der Waals surface area contributed by atoms with Gasteiger partial charge < -0.3 is 15.0 Å². The van der Waals surface area contributed by atoms with Gasteiger partial charge in [-0.1, -0.05) is 74.7 Å². The molecule has 8 heteroatoms. The molecule has 4 amide bonds. The molecule has 8 nitrogen and oxygen atoms in total. The van der Waals surface area contributed by atoms with Crippen LogP contribution in [0.4, 0.5) is 10.5 Å². The summed E-state index contributed by atoms with van der Waals surface area (Å²) in [5.74, 6) is -1.63. The third kappa shape index (κ3) is 5.06. The lowest BCUT2D eigenvalue weighted by Crippen LogP contribution is -2.45. The van der Waals surface area contributed by atoms with Crippen molar-refractivity contribution in [1.29, 1.82) is 0 Å². The Bertz CT molecular complexity index is 1070. The molecule has 0 bridgehead atoms. The first-order chi connectivity index (χ1) is 17.0. The van der Waals surface area contributed by atoms with Crippen molar-refractivity contribution in [2.24, 2.45) is 0 Å². The highest BCUT2D eigenvalue weighted by Gasteiger charge is 2.51. The maximum Gasteiger partial charge on any atom is 0.326 e. The van der Waals surface area contributed by atoms with Crippen LogP contribution in [0.2, 0.25) is 0 Å². The van der Waals surface area contributed by atoms with Crippen molar-refractivity contribution in [1.82, 2.24) is 10.2 Å². The van der Waals surface area contributed by atoms with Crippen molar-refractivity contribution in [3.63, 3.8) is 0 Å². The summed E-state index contributed by atoms with van der Waals surface area (Å²) in [4.78, 5) is 54.1. The number of nitrogens with one attached hydrogen (secondary N) is 1. The number of carbonyl (C=O) groups is 4. The first-order valence-corrected chi connectivity index (χ1v) is 12.2. The van der Waals surface area contributed by atoms with E-state index in [-0.39, 0.29) is 11.9 Å².